The number of benzene rings is 1. The molecular formula is C20H18N4O2S2. The number of thiophene rings is 1. The van der Waals surface area contributed by atoms with Crippen molar-refractivity contribution in [1.82, 2.24) is 14.5 Å². The molecule has 8 heteroatoms. The van der Waals surface area contributed by atoms with Gasteiger partial charge in [-0.3, -0.25) is 14.2 Å². The highest BCUT2D eigenvalue weighted by Crippen LogP contribution is 2.33. The molecule has 142 valence electrons. The predicted molar refractivity (Wildman–Crippen MR) is 113 cm³/mol. The summed E-state index contributed by atoms with van der Waals surface area (Å²) in [6.45, 7) is 1.72. The Morgan fingerprint density at radius 3 is 2.89 bits per heavy atom. The number of thiazole rings is 1. The second kappa shape index (κ2) is 6.79. The summed E-state index contributed by atoms with van der Waals surface area (Å²) in [7, 11) is 0. The van der Waals surface area contributed by atoms with Gasteiger partial charge in [-0.2, -0.15) is 0 Å². The minimum absolute atomic E-state index is 0.128. The SMILES string of the molecule is CC(C(=O)Nc1nc2ccccc2s1)n1cnc2sc3c(c2c1=O)CCCC3. The molecule has 0 bridgehead atoms. The first-order chi connectivity index (χ1) is 13.6. The number of rotatable bonds is 3. The van der Waals surface area contributed by atoms with E-state index in [1.54, 1.807) is 18.3 Å². The molecule has 5 rings (SSSR count). The summed E-state index contributed by atoms with van der Waals surface area (Å²) < 4.78 is 2.45. The molecule has 1 aliphatic rings. The fourth-order valence-electron chi connectivity index (χ4n) is 3.70. The molecule has 1 amide bonds. The largest absolute Gasteiger partial charge is 0.300 e. The Kier molecular flexibility index (Phi) is 4.25. The lowest BCUT2D eigenvalue weighted by Crippen LogP contribution is -2.32. The van der Waals surface area contributed by atoms with E-state index in [4.69, 9.17) is 0 Å². The molecule has 0 aliphatic heterocycles. The summed E-state index contributed by atoms with van der Waals surface area (Å²) in [4.78, 5) is 36.9. The van der Waals surface area contributed by atoms with E-state index >= 15 is 0 Å². The lowest BCUT2D eigenvalue weighted by molar-refractivity contribution is -0.118. The summed E-state index contributed by atoms with van der Waals surface area (Å²) in [5.74, 6) is -0.272. The molecule has 1 aromatic carbocycles. The monoisotopic (exact) mass is 410 g/mol. The third-order valence-corrected chi connectivity index (χ3v) is 7.37. The van der Waals surface area contributed by atoms with Crippen LogP contribution >= 0.6 is 22.7 Å². The van der Waals surface area contributed by atoms with Crippen molar-refractivity contribution in [3.05, 3.63) is 51.4 Å². The van der Waals surface area contributed by atoms with Gasteiger partial charge in [0.15, 0.2) is 5.13 Å². The molecule has 28 heavy (non-hydrogen) atoms. The van der Waals surface area contributed by atoms with E-state index in [-0.39, 0.29) is 11.5 Å². The van der Waals surface area contributed by atoms with E-state index in [2.05, 4.69) is 15.3 Å². The van der Waals surface area contributed by atoms with Gasteiger partial charge in [0.2, 0.25) is 5.91 Å². The van der Waals surface area contributed by atoms with Crippen LogP contribution < -0.4 is 10.9 Å². The number of aryl methyl sites for hydroxylation is 2. The van der Waals surface area contributed by atoms with Crippen LogP contribution in [0.3, 0.4) is 0 Å². The molecule has 4 aromatic rings. The van der Waals surface area contributed by atoms with E-state index in [0.717, 1.165) is 46.3 Å². The molecule has 3 aromatic heterocycles. The van der Waals surface area contributed by atoms with Gasteiger partial charge in [0.1, 0.15) is 10.9 Å². The molecule has 0 saturated carbocycles. The number of nitrogens with zero attached hydrogens (tertiary/aromatic N) is 3. The van der Waals surface area contributed by atoms with Crippen LogP contribution in [0.5, 0.6) is 0 Å². The fourth-order valence-corrected chi connectivity index (χ4v) is 5.79. The van der Waals surface area contributed by atoms with Crippen LogP contribution in [-0.2, 0) is 17.6 Å². The number of carbonyl (C=O) groups is 1. The topological polar surface area (TPSA) is 76.9 Å². The Hall–Kier alpha value is -2.58. The van der Waals surface area contributed by atoms with Crippen LogP contribution in [0, 0.1) is 0 Å². The molecule has 1 atom stereocenters. The van der Waals surface area contributed by atoms with E-state index in [1.807, 2.05) is 24.3 Å². The summed E-state index contributed by atoms with van der Waals surface area (Å²) >= 11 is 3.03. The van der Waals surface area contributed by atoms with Gasteiger partial charge >= 0.3 is 0 Å². The maximum Gasteiger partial charge on any atom is 0.263 e. The first-order valence-electron chi connectivity index (χ1n) is 9.29. The van der Waals surface area contributed by atoms with Gasteiger partial charge in [0, 0.05) is 4.88 Å². The number of hydrogen-bond donors (Lipinski definition) is 1. The minimum Gasteiger partial charge on any atom is -0.300 e. The maximum atomic E-state index is 13.1. The zero-order valence-corrected chi connectivity index (χ0v) is 16.9. The predicted octanol–water partition coefficient (Wildman–Crippen LogP) is 4.15. The van der Waals surface area contributed by atoms with E-state index in [9.17, 15) is 9.59 Å². The van der Waals surface area contributed by atoms with E-state index in [0.29, 0.717) is 10.5 Å². The number of nitrogens with one attached hydrogen (secondary N) is 1. The zero-order chi connectivity index (χ0) is 19.3. The lowest BCUT2D eigenvalue weighted by Gasteiger charge is -2.14. The third kappa shape index (κ3) is 2.84. The van der Waals surface area contributed by atoms with Crippen molar-refractivity contribution in [2.45, 2.75) is 38.6 Å². The van der Waals surface area contributed by atoms with Crippen LogP contribution in [0.15, 0.2) is 35.4 Å². The summed E-state index contributed by atoms with van der Waals surface area (Å²) in [6, 6.07) is 7.06. The Bertz CT molecular complexity index is 1240. The molecule has 1 N–H and O–H groups in total. The summed E-state index contributed by atoms with van der Waals surface area (Å²) in [5, 5.41) is 4.08. The van der Waals surface area contributed by atoms with E-state index < -0.39 is 6.04 Å². The number of fused-ring (bicyclic) bond motifs is 4. The normalized spacial score (nSPS) is 14.9. The molecule has 0 radical (unpaired) electrons. The Balaban J connectivity index is 1.47. The third-order valence-electron chi connectivity index (χ3n) is 5.22. The van der Waals surface area contributed by atoms with Crippen molar-refractivity contribution in [2.24, 2.45) is 0 Å². The van der Waals surface area contributed by atoms with Gasteiger partial charge in [0.05, 0.1) is 21.9 Å². The number of carbonyl (C=O) groups excluding carboxylic acids is 1. The molecule has 0 saturated heterocycles. The van der Waals surface area contributed by atoms with Crippen molar-refractivity contribution >= 4 is 54.1 Å². The number of aromatic nitrogens is 3. The smallest absolute Gasteiger partial charge is 0.263 e. The highest BCUT2D eigenvalue weighted by atomic mass is 32.1. The van der Waals surface area contributed by atoms with Crippen molar-refractivity contribution in [1.29, 1.82) is 0 Å². The van der Waals surface area contributed by atoms with Gasteiger partial charge in [-0.15, -0.1) is 11.3 Å². The Morgan fingerprint density at radius 2 is 2.04 bits per heavy atom. The standard InChI is InChI=1S/C20H18N4O2S2/c1-11(17(25)23-20-22-13-7-3-5-9-15(13)28-20)24-10-21-18-16(19(24)26)12-6-2-4-8-14(12)27-18/h3,5,7,9-11H,2,4,6,8H2,1H3,(H,22,23,25). The highest BCUT2D eigenvalue weighted by molar-refractivity contribution is 7.22. The molecule has 1 unspecified atom stereocenters. The van der Waals surface area contributed by atoms with Crippen LogP contribution in [-0.4, -0.2) is 20.4 Å². The van der Waals surface area contributed by atoms with Crippen molar-refractivity contribution in [3.63, 3.8) is 0 Å². The number of anilines is 1. The first-order valence-corrected chi connectivity index (χ1v) is 10.9. The number of hydrogen-bond acceptors (Lipinski definition) is 6. The van der Waals surface area contributed by atoms with Crippen molar-refractivity contribution in [3.8, 4) is 0 Å². The van der Waals surface area contributed by atoms with Crippen LogP contribution in [0.2, 0.25) is 0 Å². The molecule has 0 fully saturated rings. The van der Waals surface area contributed by atoms with Gasteiger partial charge in [0.25, 0.3) is 5.56 Å². The van der Waals surface area contributed by atoms with Gasteiger partial charge in [-0.25, -0.2) is 9.97 Å². The summed E-state index contributed by atoms with van der Waals surface area (Å²) in [5.41, 5.74) is 1.86. The quantitative estimate of drug-likeness (QED) is 0.550. The van der Waals surface area contributed by atoms with Gasteiger partial charge < -0.3 is 5.32 Å². The van der Waals surface area contributed by atoms with Gasteiger partial charge in [-0.05, 0) is 50.3 Å². The summed E-state index contributed by atoms with van der Waals surface area (Å²) in [6.07, 6.45) is 5.69. The van der Waals surface area contributed by atoms with Crippen molar-refractivity contribution < 1.29 is 4.79 Å². The zero-order valence-electron chi connectivity index (χ0n) is 15.3. The number of amides is 1. The Labute approximate surface area is 168 Å². The molecule has 0 spiro atoms. The Morgan fingerprint density at radius 1 is 1.21 bits per heavy atom. The number of para-hydroxylation sites is 1. The average Bonchev–Trinajstić information content (AvgIpc) is 3.28. The van der Waals surface area contributed by atoms with E-state index in [1.165, 1.54) is 27.1 Å². The first kappa shape index (κ1) is 17.5. The molecule has 3 heterocycles. The highest BCUT2D eigenvalue weighted by Gasteiger charge is 2.23. The molecular weight excluding hydrogens is 392 g/mol. The second-order valence-electron chi connectivity index (χ2n) is 7.00. The van der Waals surface area contributed by atoms with Crippen molar-refractivity contribution in [2.75, 3.05) is 5.32 Å². The molecule has 6 nitrogen and oxygen atoms in total. The second-order valence-corrected chi connectivity index (χ2v) is 9.11. The van der Waals surface area contributed by atoms with Crippen LogP contribution in [0.1, 0.15) is 36.2 Å². The average molecular weight is 411 g/mol. The molecule has 1 aliphatic carbocycles. The van der Waals surface area contributed by atoms with Gasteiger partial charge in [-0.1, -0.05) is 23.5 Å². The van der Waals surface area contributed by atoms with Crippen LogP contribution in [0.25, 0.3) is 20.4 Å². The lowest BCUT2D eigenvalue weighted by atomic mass is 9.97. The minimum atomic E-state index is -0.671. The fraction of sp³-hybridized carbons (Fsp3) is 0.300. The maximum absolute atomic E-state index is 13.1. The van der Waals surface area contributed by atoms with Crippen LogP contribution in [0.4, 0.5) is 5.13 Å².